The van der Waals surface area contributed by atoms with Crippen LogP contribution >= 0.6 is 11.8 Å². The van der Waals surface area contributed by atoms with Gasteiger partial charge in [0, 0.05) is 37.2 Å². The van der Waals surface area contributed by atoms with E-state index < -0.39 is 33.9 Å². The van der Waals surface area contributed by atoms with Crippen molar-refractivity contribution in [3.8, 4) is 11.4 Å². The Morgan fingerprint density at radius 3 is 2.61 bits per heavy atom. The Hall–Kier alpha value is -3.52. The van der Waals surface area contributed by atoms with E-state index in [-0.39, 0.29) is 5.75 Å². The Labute approximate surface area is 189 Å². The number of hydrogen-bond donors (Lipinski definition) is 1. The van der Waals surface area contributed by atoms with E-state index >= 15 is 0 Å². The average Bonchev–Trinajstić information content (AvgIpc) is 3.19. The van der Waals surface area contributed by atoms with Gasteiger partial charge in [-0.2, -0.15) is 13.2 Å². The number of rotatable bonds is 9. The first kappa shape index (κ1) is 24.1. The maximum Gasteiger partial charge on any atom is 0.418 e. The lowest BCUT2D eigenvalue weighted by Crippen LogP contribution is -2.19. The van der Waals surface area contributed by atoms with E-state index in [0.717, 1.165) is 29.5 Å². The number of thioether (sulfide) groups is 1. The zero-order valence-corrected chi connectivity index (χ0v) is 17.9. The molecule has 0 aliphatic carbocycles. The molecule has 1 N–H and O–H groups in total. The quantitative estimate of drug-likeness (QED) is 0.278. The number of halogens is 3. The largest absolute Gasteiger partial charge is 0.418 e. The smallest absolute Gasteiger partial charge is 0.383 e. The fourth-order valence-corrected chi connectivity index (χ4v) is 3.56. The van der Waals surface area contributed by atoms with E-state index in [1.807, 2.05) is 0 Å². The molecule has 0 bridgehead atoms. The van der Waals surface area contributed by atoms with E-state index in [1.54, 1.807) is 29.1 Å². The number of pyridine rings is 1. The fraction of sp³-hybridized carbons (Fsp3) is 0.263. The Morgan fingerprint density at radius 2 is 1.97 bits per heavy atom. The molecule has 0 radical (unpaired) electrons. The maximum atomic E-state index is 13.3. The third kappa shape index (κ3) is 6.04. The second kappa shape index (κ2) is 10.4. The minimum absolute atomic E-state index is 0.268. The van der Waals surface area contributed by atoms with Gasteiger partial charge in [-0.15, -0.1) is 10.2 Å². The fourth-order valence-electron chi connectivity index (χ4n) is 2.80. The van der Waals surface area contributed by atoms with Gasteiger partial charge in [-0.25, -0.2) is 0 Å². The van der Waals surface area contributed by atoms with Gasteiger partial charge in [0.2, 0.25) is 5.91 Å². The molecule has 1 amide bonds. The van der Waals surface area contributed by atoms with Gasteiger partial charge >= 0.3 is 6.18 Å². The number of carbonyl (C=O) groups excluding carboxylic acids is 1. The summed E-state index contributed by atoms with van der Waals surface area (Å²) in [6.07, 6.45) is -1.71. The van der Waals surface area contributed by atoms with Crippen molar-refractivity contribution in [3.05, 3.63) is 58.4 Å². The van der Waals surface area contributed by atoms with Crippen molar-refractivity contribution in [2.75, 3.05) is 24.8 Å². The SMILES string of the molecule is COCCn1c(SCC(=O)Nc2ccc([N+](=O)[O-])cc2C(F)(F)F)nnc1-c1ccncc1. The van der Waals surface area contributed by atoms with Crippen LogP contribution in [0, 0.1) is 10.1 Å². The minimum Gasteiger partial charge on any atom is -0.383 e. The summed E-state index contributed by atoms with van der Waals surface area (Å²) in [5, 5.41) is 21.6. The molecule has 14 heteroatoms. The van der Waals surface area contributed by atoms with Crippen molar-refractivity contribution in [2.24, 2.45) is 0 Å². The van der Waals surface area contributed by atoms with Crippen molar-refractivity contribution < 1.29 is 27.6 Å². The molecule has 0 unspecified atom stereocenters. The topological polar surface area (TPSA) is 125 Å². The molecule has 33 heavy (non-hydrogen) atoms. The average molecular weight is 482 g/mol. The number of benzene rings is 1. The molecule has 0 aliphatic heterocycles. The third-order valence-corrected chi connectivity index (χ3v) is 5.27. The minimum atomic E-state index is -4.89. The van der Waals surface area contributed by atoms with Gasteiger partial charge in [-0.05, 0) is 18.2 Å². The third-order valence-electron chi connectivity index (χ3n) is 4.30. The van der Waals surface area contributed by atoms with Crippen LogP contribution in [0.25, 0.3) is 11.4 Å². The summed E-state index contributed by atoms with van der Waals surface area (Å²) in [4.78, 5) is 26.2. The van der Waals surface area contributed by atoms with Crippen LogP contribution in [0.1, 0.15) is 5.56 Å². The van der Waals surface area contributed by atoms with Crippen LogP contribution in [0.2, 0.25) is 0 Å². The van der Waals surface area contributed by atoms with Crippen LogP contribution in [0.5, 0.6) is 0 Å². The van der Waals surface area contributed by atoms with E-state index in [4.69, 9.17) is 4.74 Å². The van der Waals surface area contributed by atoms with Gasteiger partial charge in [0.05, 0.1) is 35.1 Å². The molecule has 3 aromatic rings. The molecule has 2 heterocycles. The molecule has 10 nitrogen and oxygen atoms in total. The molecule has 2 aromatic heterocycles. The second-order valence-electron chi connectivity index (χ2n) is 6.51. The van der Waals surface area contributed by atoms with Crippen LogP contribution in [-0.4, -0.2) is 50.0 Å². The number of carbonyl (C=O) groups is 1. The Morgan fingerprint density at radius 1 is 1.24 bits per heavy atom. The van der Waals surface area contributed by atoms with Gasteiger partial charge in [-0.1, -0.05) is 11.8 Å². The molecule has 0 atom stereocenters. The number of ether oxygens (including phenoxy) is 1. The van der Waals surface area contributed by atoms with Crippen molar-refractivity contribution in [3.63, 3.8) is 0 Å². The van der Waals surface area contributed by atoms with Crippen molar-refractivity contribution in [1.82, 2.24) is 19.7 Å². The summed E-state index contributed by atoms with van der Waals surface area (Å²) in [5.74, 6) is -0.492. The van der Waals surface area contributed by atoms with Crippen molar-refractivity contribution >= 4 is 29.0 Å². The number of amides is 1. The molecular formula is C19H17F3N6O4S. The number of hydrogen-bond acceptors (Lipinski definition) is 8. The Balaban J connectivity index is 1.76. The van der Waals surface area contributed by atoms with Crippen LogP contribution in [0.15, 0.2) is 47.9 Å². The van der Waals surface area contributed by atoms with Gasteiger partial charge in [0.1, 0.15) is 0 Å². The predicted octanol–water partition coefficient (Wildman–Crippen LogP) is 3.64. The number of anilines is 1. The lowest BCUT2D eigenvalue weighted by molar-refractivity contribution is -0.385. The number of alkyl halides is 3. The molecule has 0 fully saturated rings. The summed E-state index contributed by atoms with van der Waals surface area (Å²) in [7, 11) is 1.53. The molecule has 174 valence electrons. The maximum absolute atomic E-state index is 13.3. The first-order valence-electron chi connectivity index (χ1n) is 9.31. The zero-order valence-electron chi connectivity index (χ0n) is 17.1. The Kier molecular flexibility index (Phi) is 7.60. The number of non-ortho nitro benzene ring substituents is 1. The summed E-state index contributed by atoms with van der Waals surface area (Å²) in [6.45, 7) is 0.722. The van der Waals surface area contributed by atoms with E-state index in [0.29, 0.717) is 30.2 Å². The van der Waals surface area contributed by atoms with Gasteiger partial charge in [0.25, 0.3) is 5.69 Å². The van der Waals surface area contributed by atoms with Crippen LogP contribution in [0.4, 0.5) is 24.5 Å². The monoisotopic (exact) mass is 482 g/mol. The zero-order chi connectivity index (χ0) is 24.0. The highest BCUT2D eigenvalue weighted by Gasteiger charge is 2.35. The number of nitrogens with zero attached hydrogens (tertiary/aromatic N) is 5. The van der Waals surface area contributed by atoms with Gasteiger partial charge in [-0.3, -0.25) is 24.5 Å². The van der Waals surface area contributed by atoms with E-state index in [9.17, 15) is 28.1 Å². The molecule has 0 spiro atoms. The highest BCUT2D eigenvalue weighted by molar-refractivity contribution is 7.99. The molecule has 3 rings (SSSR count). The number of nitrogens with one attached hydrogen (secondary N) is 1. The van der Waals surface area contributed by atoms with Crippen LogP contribution < -0.4 is 5.32 Å². The lowest BCUT2D eigenvalue weighted by atomic mass is 10.1. The molecular weight excluding hydrogens is 465 g/mol. The molecule has 0 saturated carbocycles. The standard InChI is InChI=1S/C19H17F3N6O4S/c1-32-9-8-27-17(12-4-6-23-7-5-12)25-26-18(27)33-11-16(29)24-15-3-2-13(28(30)31)10-14(15)19(20,21)22/h2-7,10H,8-9,11H2,1H3,(H,24,29). The highest BCUT2D eigenvalue weighted by atomic mass is 32.2. The summed E-state index contributed by atoms with van der Waals surface area (Å²) in [6, 6.07) is 5.60. The molecule has 0 aliphatic rings. The first-order valence-corrected chi connectivity index (χ1v) is 10.3. The molecule has 1 aromatic carbocycles. The summed E-state index contributed by atoms with van der Waals surface area (Å²) >= 11 is 0.978. The van der Waals surface area contributed by atoms with Gasteiger partial charge < -0.3 is 10.1 Å². The lowest BCUT2D eigenvalue weighted by Gasteiger charge is -2.13. The number of nitro groups is 1. The first-order chi connectivity index (χ1) is 15.7. The summed E-state index contributed by atoms with van der Waals surface area (Å²) < 4.78 is 46.8. The van der Waals surface area contributed by atoms with Gasteiger partial charge in [0.15, 0.2) is 11.0 Å². The number of aromatic nitrogens is 4. The highest BCUT2D eigenvalue weighted by Crippen LogP contribution is 2.37. The van der Waals surface area contributed by atoms with Crippen LogP contribution in [0.3, 0.4) is 0 Å². The van der Waals surface area contributed by atoms with Crippen LogP contribution in [-0.2, 0) is 22.3 Å². The van der Waals surface area contributed by atoms with Crippen molar-refractivity contribution in [1.29, 1.82) is 0 Å². The van der Waals surface area contributed by atoms with E-state index in [1.165, 1.54) is 7.11 Å². The summed E-state index contributed by atoms with van der Waals surface area (Å²) in [5.41, 5.74) is -1.87. The van der Waals surface area contributed by atoms with E-state index in [2.05, 4.69) is 20.5 Å². The van der Waals surface area contributed by atoms with Crippen molar-refractivity contribution in [2.45, 2.75) is 17.9 Å². The number of methoxy groups -OCH3 is 1. The normalized spacial score (nSPS) is 11.4. The Bertz CT molecular complexity index is 1140. The second-order valence-corrected chi connectivity index (χ2v) is 7.45. The predicted molar refractivity (Wildman–Crippen MR) is 113 cm³/mol. The number of nitro benzene ring substituents is 1. The molecule has 0 saturated heterocycles.